The van der Waals surface area contributed by atoms with Crippen LogP contribution in [-0.4, -0.2) is 23.7 Å². The van der Waals surface area contributed by atoms with Crippen LogP contribution in [0, 0.1) is 5.41 Å². The van der Waals surface area contributed by atoms with E-state index in [4.69, 9.17) is 4.74 Å². The number of esters is 1. The summed E-state index contributed by atoms with van der Waals surface area (Å²) < 4.78 is 5.10. The molecular formula is C14H15BrO3. The summed E-state index contributed by atoms with van der Waals surface area (Å²) in [4.78, 5) is 24.3. The van der Waals surface area contributed by atoms with Crippen LogP contribution >= 0.6 is 15.9 Å². The second-order valence-electron chi connectivity index (χ2n) is 4.48. The molecule has 0 heterocycles. The zero-order valence-electron chi connectivity index (χ0n) is 10.2. The van der Waals surface area contributed by atoms with Crippen molar-refractivity contribution in [2.24, 2.45) is 5.41 Å². The number of hydrogen-bond acceptors (Lipinski definition) is 3. The number of halogens is 1. The molecule has 0 saturated heterocycles. The average molecular weight is 311 g/mol. The Balaban J connectivity index is 2.37. The standard InChI is InChI=1S/C14H15BrO3/c1-2-18-13(17)14(12(16)9-15)7-10-5-3-4-6-11(10)8-14/h3-6H,2,7-9H2,1H3. The molecule has 0 atom stereocenters. The molecule has 2 rings (SSSR count). The van der Waals surface area contributed by atoms with Crippen molar-refractivity contribution in [3.05, 3.63) is 35.4 Å². The number of ketones is 1. The van der Waals surface area contributed by atoms with E-state index < -0.39 is 11.4 Å². The third kappa shape index (κ3) is 2.09. The molecule has 0 amide bonds. The number of hydrogen-bond donors (Lipinski definition) is 0. The van der Waals surface area contributed by atoms with E-state index in [0.717, 1.165) is 11.1 Å². The number of carbonyl (C=O) groups excluding carboxylic acids is 2. The topological polar surface area (TPSA) is 43.4 Å². The number of carbonyl (C=O) groups is 2. The van der Waals surface area contributed by atoms with E-state index in [9.17, 15) is 9.59 Å². The summed E-state index contributed by atoms with van der Waals surface area (Å²) in [6.45, 7) is 2.05. The van der Waals surface area contributed by atoms with Crippen molar-refractivity contribution in [3.8, 4) is 0 Å². The molecule has 0 fully saturated rings. The Kier molecular flexibility index (Phi) is 3.85. The van der Waals surface area contributed by atoms with Crippen LogP contribution < -0.4 is 0 Å². The van der Waals surface area contributed by atoms with E-state index in [2.05, 4.69) is 15.9 Å². The lowest BCUT2D eigenvalue weighted by Gasteiger charge is -2.24. The highest BCUT2D eigenvalue weighted by Gasteiger charge is 2.50. The molecule has 0 aromatic heterocycles. The summed E-state index contributed by atoms with van der Waals surface area (Å²) in [6.07, 6.45) is 0.902. The van der Waals surface area contributed by atoms with E-state index >= 15 is 0 Å². The van der Waals surface area contributed by atoms with Crippen molar-refractivity contribution in [1.29, 1.82) is 0 Å². The third-order valence-electron chi connectivity index (χ3n) is 3.42. The summed E-state index contributed by atoms with van der Waals surface area (Å²) in [7, 11) is 0. The van der Waals surface area contributed by atoms with Crippen LogP contribution in [0.25, 0.3) is 0 Å². The van der Waals surface area contributed by atoms with Crippen molar-refractivity contribution in [1.82, 2.24) is 0 Å². The van der Waals surface area contributed by atoms with Gasteiger partial charge in [0.05, 0.1) is 11.9 Å². The van der Waals surface area contributed by atoms with Gasteiger partial charge in [-0.3, -0.25) is 9.59 Å². The lowest BCUT2D eigenvalue weighted by atomic mass is 9.81. The zero-order valence-corrected chi connectivity index (χ0v) is 11.8. The molecule has 0 N–H and O–H groups in total. The predicted octanol–water partition coefficient (Wildman–Crippen LogP) is 2.30. The average Bonchev–Trinajstić information content (AvgIpc) is 2.78. The summed E-state index contributed by atoms with van der Waals surface area (Å²) >= 11 is 3.17. The molecule has 0 radical (unpaired) electrons. The van der Waals surface area contributed by atoms with E-state index in [1.54, 1.807) is 6.92 Å². The Bertz CT molecular complexity index is 457. The highest BCUT2D eigenvalue weighted by molar-refractivity contribution is 9.09. The lowest BCUT2D eigenvalue weighted by molar-refractivity contribution is -0.158. The van der Waals surface area contributed by atoms with Gasteiger partial charge in [-0.05, 0) is 30.9 Å². The van der Waals surface area contributed by atoms with E-state index in [1.807, 2.05) is 24.3 Å². The van der Waals surface area contributed by atoms with Gasteiger partial charge in [0.15, 0.2) is 5.78 Å². The third-order valence-corrected chi connectivity index (χ3v) is 3.93. The highest BCUT2D eigenvalue weighted by Crippen LogP contribution is 2.39. The quantitative estimate of drug-likeness (QED) is 0.487. The first-order valence-electron chi connectivity index (χ1n) is 5.97. The molecule has 1 aliphatic carbocycles. The van der Waals surface area contributed by atoms with Gasteiger partial charge in [0, 0.05) is 0 Å². The molecule has 1 aromatic carbocycles. The van der Waals surface area contributed by atoms with Gasteiger partial charge in [-0.2, -0.15) is 0 Å². The maximum Gasteiger partial charge on any atom is 0.320 e. The minimum atomic E-state index is -1.02. The van der Waals surface area contributed by atoms with Gasteiger partial charge < -0.3 is 4.74 Å². The van der Waals surface area contributed by atoms with Gasteiger partial charge in [-0.1, -0.05) is 40.2 Å². The smallest absolute Gasteiger partial charge is 0.320 e. The number of fused-ring (bicyclic) bond motifs is 1. The Morgan fingerprint density at radius 1 is 1.28 bits per heavy atom. The molecule has 96 valence electrons. The van der Waals surface area contributed by atoms with Gasteiger partial charge >= 0.3 is 5.97 Å². The number of alkyl halides is 1. The fourth-order valence-corrected chi connectivity index (χ4v) is 3.00. The van der Waals surface area contributed by atoms with Crippen LogP contribution in [0.4, 0.5) is 0 Å². The molecule has 0 bridgehead atoms. The van der Waals surface area contributed by atoms with Crippen molar-refractivity contribution >= 4 is 27.7 Å². The van der Waals surface area contributed by atoms with Crippen LogP contribution in [0.2, 0.25) is 0 Å². The number of benzene rings is 1. The summed E-state index contributed by atoms with van der Waals surface area (Å²) in [6, 6.07) is 7.80. The second-order valence-corrected chi connectivity index (χ2v) is 5.04. The molecule has 0 saturated carbocycles. The van der Waals surface area contributed by atoms with E-state index in [-0.39, 0.29) is 11.1 Å². The number of rotatable bonds is 4. The Morgan fingerprint density at radius 2 is 1.83 bits per heavy atom. The first-order valence-corrected chi connectivity index (χ1v) is 7.09. The molecule has 18 heavy (non-hydrogen) atoms. The lowest BCUT2D eigenvalue weighted by Crippen LogP contribution is -2.42. The fourth-order valence-electron chi connectivity index (χ4n) is 2.47. The normalized spacial score (nSPS) is 16.1. The molecule has 0 spiro atoms. The Labute approximate surface area is 115 Å². The SMILES string of the molecule is CCOC(=O)C1(C(=O)CBr)Cc2ccccc2C1. The summed E-state index contributed by atoms with van der Waals surface area (Å²) in [5.74, 6) is -0.497. The Hall–Kier alpha value is -1.16. The fraction of sp³-hybridized carbons (Fsp3) is 0.429. The van der Waals surface area contributed by atoms with Crippen molar-refractivity contribution in [2.45, 2.75) is 19.8 Å². The van der Waals surface area contributed by atoms with E-state index in [0.29, 0.717) is 19.4 Å². The van der Waals surface area contributed by atoms with Gasteiger partial charge in [-0.25, -0.2) is 0 Å². The summed E-state index contributed by atoms with van der Waals surface area (Å²) in [5.41, 5.74) is 1.11. The molecule has 0 unspecified atom stereocenters. The second kappa shape index (κ2) is 5.22. The van der Waals surface area contributed by atoms with Crippen LogP contribution in [0.1, 0.15) is 18.1 Å². The predicted molar refractivity (Wildman–Crippen MR) is 71.7 cm³/mol. The maximum atomic E-state index is 12.2. The van der Waals surface area contributed by atoms with Gasteiger partial charge in [-0.15, -0.1) is 0 Å². The van der Waals surface area contributed by atoms with E-state index in [1.165, 1.54) is 0 Å². The van der Waals surface area contributed by atoms with Crippen LogP contribution in [0.5, 0.6) is 0 Å². The largest absolute Gasteiger partial charge is 0.465 e. The molecular weight excluding hydrogens is 296 g/mol. The van der Waals surface area contributed by atoms with Crippen LogP contribution in [-0.2, 0) is 27.2 Å². The van der Waals surface area contributed by atoms with Crippen molar-refractivity contribution in [2.75, 3.05) is 11.9 Å². The minimum absolute atomic E-state index is 0.0999. The first kappa shape index (κ1) is 13.3. The van der Waals surface area contributed by atoms with Gasteiger partial charge in [0.2, 0.25) is 0 Å². The molecule has 1 aliphatic rings. The number of Topliss-reactive ketones (excluding diaryl/α,β-unsaturated/α-hetero) is 1. The highest BCUT2D eigenvalue weighted by atomic mass is 79.9. The summed E-state index contributed by atoms with van der Waals surface area (Å²) in [5, 5.41) is 0.180. The maximum absolute atomic E-state index is 12.2. The van der Waals surface area contributed by atoms with Crippen molar-refractivity contribution in [3.63, 3.8) is 0 Å². The first-order chi connectivity index (χ1) is 8.64. The van der Waals surface area contributed by atoms with Crippen molar-refractivity contribution < 1.29 is 14.3 Å². The van der Waals surface area contributed by atoms with Crippen LogP contribution in [0.3, 0.4) is 0 Å². The molecule has 4 heteroatoms. The van der Waals surface area contributed by atoms with Gasteiger partial charge in [0.25, 0.3) is 0 Å². The Morgan fingerprint density at radius 3 is 2.28 bits per heavy atom. The monoisotopic (exact) mass is 310 g/mol. The minimum Gasteiger partial charge on any atom is -0.465 e. The molecule has 1 aromatic rings. The van der Waals surface area contributed by atoms with Gasteiger partial charge in [0.1, 0.15) is 5.41 Å². The van der Waals surface area contributed by atoms with Crippen LogP contribution in [0.15, 0.2) is 24.3 Å². The number of ether oxygens (including phenoxy) is 1. The molecule has 0 aliphatic heterocycles. The zero-order chi connectivity index (χ0) is 13.2. The molecule has 3 nitrogen and oxygen atoms in total.